The highest BCUT2D eigenvalue weighted by atomic mass is 19.1. The van der Waals surface area contributed by atoms with Crippen LogP contribution in [0.3, 0.4) is 0 Å². The van der Waals surface area contributed by atoms with Crippen molar-refractivity contribution in [2.24, 2.45) is 0 Å². The second-order valence-corrected chi connectivity index (χ2v) is 8.01. The zero-order valence-corrected chi connectivity index (χ0v) is 17.8. The Balaban J connectivity index is 1.59. The molecule has 1 atom stereocenters. The van der Waals surface area contributed by atoms with Gasteiger partial charge in [0, 0.05) is 36.0 Å². The minimum atomic E-state index is -0.374. The fraction of sp³-hybridized carbons (Fsp3) is 0.435. The molecule has 0 bridgehead atoms. The quantitative estimate of drug-likeness (QED) is 0.711. The number of amides is 1. The average molecular weight is 413 g/mol. The monoisotopic (exact) mass is 413 g/mol. The van der Waals surface area contributed by atoms with Crippen LogP contribution in [0.2, 0.25) is 0 Å². The SMILES string of the molecule is CC(=O)c1c(C)[nH]c(C(=O)C(C)N2CCC(NC(=O)c3ccc(F)cc3)CC2)c1C. The first-order chi connectivity index (χ1) is 14.2. The lowest BCUT2D eigenvalue weighted by atomic mass is 9.99. The number of aromatic nitrogens is 1. The average Bonchev–Trinajstić information content (AvgIpc) is 3.02. The second-order valence-electron chi connectivity index (χ2n) is 8.01. The molecule has 6 nitrogen and oxygen atoms in total. The van der Waals surface area contributed by atoms with Crippen molar-refractivity contribution >= 4 is 17.5 Å². The molecule has 1 amide bonds. The fourth-order valence-corrected chi connectivity index (χ4v) is 4.20. The van der Waals surface area contributed by atoms with Crippen LogP contribution in [0.5, 0.6) is 0 Å². The van der Waals surface area contributed by atoms with Gasteiger partial charge in [-0.1, -0.05) is 0 Å². The summed E-state index contributed by atoms with van der Waals surface area (Å²) in [6.45, 7) is 8.35. The number of Topliss-reactive ketones (excluding diaryl/α,β-unsaturated/α-hetero) is 2. The molecule has 2 aromatic rings. The number of aromatic amines is 1. The Hall–Kier alpha value is -2.80. The van der Waals surface area contributed by atoms with Gasteiger partial charge in [-0.3, -0.25) is 19.3 Å². The van der Waals surface area contributed by atoms with Gasteiger partial charge >= 0.3 is 0 Å². The van der Waals surface area contributed by atoms with E-state index >= 15 is 0 Å². The third-order valence-corrected chi connectivity index (χ3v) is 5.93. The first-order valence-electron chi connectivity index (χ1n) is 10.2. The van der Waals surface area contributed by atoms with Crippen LogP contribution in [0.15, 0.2) is 24.3 Å². The van der Waals surface area contributed by atoms with E-state index in [-0.39, 0.29) is 35.4 Å². The molecule has 160 valence electrons. The Kier molecular flexibility index (Phi) is 6.51. The Bertz CT molecular complexity index is 957. The van der Waals surface area contributed by atoms with Gasteiger partial charge in [-0.05, 0) is 70.4 Å². The number of nitrogens with one attached hydrogen (secondary N) is 2. The zero-order valence-electron chi connectivity index (χ0n) is 17.8. The Morgan fingerprint density at radius 3 is 2.27 bits per heavy atom. The number of hydrogen-bond acceptors (Lipinski definition) is 4. The number of carbonyl (C=O) groups excluding carboxylic acids is 3. The molecule has 3 rings (SSSR count). The maximum Gasteiger partial charge on any atom is 0.251 e. The Morgan fingerprint density at radius 1 is 1.13 bits per heavy atom. The van der Waals surface area contributed by atoms with Crippen molar-refractivity contribution in [1.82, 2.24) is 15.2 Å². The van der Waals surface area contributed by atoms with Crippen LogP contribution in [0, 0.1) is 19.7 Å². The van der Waals surface area contributed by atoms with E-state index in [4.69, 9.17) is 0 Å². The second kappa shape index (κ2) is 8.92. The number of benzene rings is 1. The van der Waals surface area contributed by atoms with Crippen molar-refractivity contribution in [3.8, 4) is 0 Å². The number of ketones is 2. The summed E-state index contributed by atoms with van der Waals surface area (Å²) in [5.41, 5.74) is 2.95. The highest BCUT2D eigenvalue weighted by Gasteiger charge is 2.30. The summed E-state index contributed by atoms with van der Waals surface area (Å²) >= 11 is 0. The minimum absolute atomic E-state index is 0.0138. The minimum Gasteiger partial charge on any atom is -0.355 e. The summed E-state index contributed by atoms with van der Waals surface area (Å²) in [7, 11) is 0. The summed E-state index contributed by atoms with van der Waals surface area (Å²) in [6.07, 6.45) is 1.46. The first kappa shape index (κ1) is 21.9. The number of piperidine rings is 1. The van der Waals surface area contributed by atoms with E-state index in [1.54, 1.807) is 13.8 Å². The maximum absolute atomic E-state index is 13.0. The van der Waals surface area contributed by atoms with Gasteiger partial charge in [-0.2, -0.15) is 0 Å². The highest BCUT2D eigenvalue weighted by Crippen LogP contribution is 2.22. The third kappa shape index (κ3) is 4.51. The maximum atomic E-state index is 13.0. The number of nitrogens with zero attached hydrogens (tertiary/aromatic N) is 1. The van der Waals surface area contributed by atoms with E-state index in [1.165, 1.54) is 31.2 Å². The lowest BCUT2D eigenvalue weighted by Gasteiger charge is -2.35. The van der Waals surface area contributed by atoms with Crippen LogP contribution in [0.25, 0.3) is 0 Å². The van der Waals surface area contributed by atoms with Crippen LogP contribution in [-0.4, -0.2) is 52.5 Å². The number of halogens is 1. The molecule has 1 fully saturated rings. The number of H-pyrrole nitrogens is 1. The lowest BCUT2D eigenvalue weighted by Crippen LogP contribution is -2.49. The highest BCUT2D eigenvalue weighted by molar-refractivity contribution is 6.05. The van der Waals surface area contributed by atoms with E-state index in [1.807, 2.05) is 6.92 Å². The normalized spacial score (nSPS) is 16.3. The first-order valence-corrected chi connectivity index (χ1v) is 10.2. The topological polar surface area (TPSA) is 82.3 Å². The van der Waals surface area contributed by atoms with Crippen molar-refractivity contribution in [3.05, 3.63) is 58.2 Å². The number of aryl methyl sites for hydroxylation is 1. The smallest absolute Gasteiger partial charge is 0.251 e. The van der Waals surface area contributed by atoms with Gasteiger partial charge in [-0.25, -0.2) is 4.39 Å². The standard InChI is InChI=1S/C23H28FN3O3/c1-13-20(16(4)28)14(2)25-21(13)22(29)15(3)27-11-9-19(10-12-27)26-23(30)17-5-7-18(24)8-6-17/h5-8,15,19,25H,9-12H2,1-4H3,(H,26,30). The molecular weight excluding hydrogens is 385 g/mol. The van der Waals surface area contributed by atoms with Crippen molar-refractivity contribution in [2.75, 3.05) is 13.1 Å². The molecule has 0 saturated carbocycles. The fourth-order valence-electron chi connectivity index (χ4n) is 4.20. The zero-order chi connectivity index (χ0) is 22.0. The van der Waals surface area contributed by atoms with Crippen LogP contribution in [0.4, 0.5) is 4.39 Å². The summed E-state index contributed by atoms with van der Waals surface area (Å²) in [5.74, 6) is -0.671. The van der Waals surface area contributed by atoms with E-state index in [9.17, 15) is 18.8 Å². The van der Waals surface area contributed by atoms with E-state index < -0.39 is 0 Å². The van der Waals surface area contributed by atoms with E-state index in [0.717, 1.165) is 18.5 Å². The van der Waals surface area contributed by atoms with Gasteiger partial charge in [-0.15, -0.1) is 0 Å². The van der Waals surface area contributed by atoms with Crippen LogP contribution < -0.4 is 5.32 Å². The molecule has 30 heavy (non-hydrogen) atoms. The van der Waals surface area contributed by atoms with Crippen molar-refractivity contribution < 1.29 is 18.8 Å². The predicted octanol–water partition coefficient (Wildman–Crippen LogP) is 3.44. The van der Waals surface area contributed by atoms with Gasteiger partial charge in [0.15, 0.2) is 11.6 Å². The van der Waals surface area contributed by atoms with Crippen LogP contribution in [-0.2, 0) is 0 Å². The molecule has 7 heteroatoms. The van der Waals surface area contributed by atoms with Crippen LogP contribution in [0.1, 0.15) is 69.2 Å². The van der Waals surface area contributed by atoms with Gasteiger partial charge in [0.25, 0.3) is 5.91 Å². The molecule has 0 radical (unpaired) electrons. The molecule has 1 aromatic carbocycles. The van der Waals surface area contributed by atoms with Crippen molar-refractivity contribution in [2.45, 2.75) is 52.6 Å². The molecular formula is C23H28FN3O3. The Morgan fingerprint density at radius 2 is 1.73 bits per heavy atom. The van der Waals surface area contributed by atoms with Gasteiger partial charge in [0.05, 0.1) is 11.7 Å². The van der Waals surface area contributed by atoms with Crippen LogP contribution >= 0.6 is 0 Å². The molecule has 1 unspecified atom stereocenters. The molecule has 0 aliphatic carbocycles. The van der Waals surface area contributed by atoms with Crippen molar-refractivity contribution in [1.29, 1.82) is 0 Å². The third-order valence-electron chi connectivity index (χ3n) is 5.93. The van der Waals surface area contributed by atoms with Gasteiger partial charge < -0.3 is 10.3 Å². The summed E-state index contributed by atoms with van der Waals surface area (Å²) in [4.78, 5) is 42.4. The van der Waals surface area contributed by atoms with Gasteiger partial charge in [0.1, 0.15) is 5.82 Å². The number of carbonyl (C=O) groups is 3. The molecule has 1 aliphatic rings. The number of hydrogen-bond donors (Lipinski definition) is 2. The molecule has 2 heterocycles. The largest absolute Gasteiger partial charge is 0.355 e. The number of rotatable bonds is 6. The summed E-state index contributed by atoms with van der Waals surface area (Å²) in [5, 5.41) is 2.99. The predicted molar refractivity (Wildman–Crippen MR) is 113 cm³/mol. The molecule has 0 spiro atoms. The van der Waals surface area contributed by atoms with E-state index in [0.29, 0.717) is 35.5 Å². The summed E-state index contributed by atoms with van der Waals surface area (Å²) in [6, 6.07) is 5.17. The van der Waals surface area contributed by atoms with Crippen molar-refractivity contribution in [3.63, 3.8) is 0 Å². The molecule has 2 N–H and O–H groups in total. The lowest BCUT2D eigenvalue weighted by molar-refractivity contribution is 0.0757. The number of likely N-dealkylation sites (tertiary alicyclic amines) is 1. The Labute approximate surface area is 175 Å². The van der Waals surface area contributed by atoms with Gasteiger partial charge in [0.2, 0.25) is 0 Å². The molecule has 1 saturated heterocycles. The molecule has 1 aliphatic heterocycles. The van der Waals surface area contributed by atoms with E-state index in [2.05, 4.69) is 15.2 Å². The molecule has 1 aromatic heterocycles. The summed E-state index contributed by atoms with van der Waals surface area (Å²) < 4.78 is 13.0.